The normalized spacial score (nSPS) is 17.2. The second-order valence-corrected chi connectivity index (χ2v) is 5.06. The van der Waals surface area contributed by atoms with Crippen LogP contribution in [0, 0.1) is 11.6 Å². The molecule has 1 aliphatic rings. The third-order valence-corrected chi connectivity index (χ3v) is 3.60. The van der Waals surface area contributed by atoms with Crippen LogP contribution in [0.2, 0.25) is 0 Å². The van der Waals surface area contributed by atoms with Crippen LogP contribution in [-0.2, 0) is 0 Å². The van der Waals surface area contributed by atoms with Crippen LogP contribution in [0.4, 0.5) is 8.78 Å². The van der Waals surface area contributed by atoms with Crippen molar-refractivity contribution in [3.63, 3.8) is 0 Å². The summed E-state index contributed by atoms with van der Waals surface area (Å²) < 4.78 is 25.8. The monoisotopic (exact) mass is 267 g/mol. The molecule has 104 valence electrons. The van der Waals surface area contributed by atoms with Crippen molar-refractivity contribution in [2.24, 2.45) is 0 Å². The predicted molar refractivity (Wildman–Crippen MR) is 70.2 cm³/mol. The molecular weight excluding hydrogens is 248 g/mol. The van der Waals surface area contributed by atoms with Gasteiger partial charge in [-0.25, -0.2) is 8.78 Å². The number of hydrogen-bond donors (Lipinski definition) is 0. The lowest BCUT2D eigenvalue weighted by atomic mass is 10.1. The van der Waals surface area contributed by atoms with Gasteiger partial charge in [0.05, 0.1) is 0 Å². The Morgan fingerprint density at radius 3 is 2.37 bits per heavy atom. The molecule has 0 bridgehead atoms. The first-order valence-corrected chi connectivity index (χ1v) is 6.87. The molecule has 1 aliphatic heterocycles. The lowest BCUT2D eigenvalue weighted by Gasteiger charge is -2.18. The maximum atomic E-state index is 13.1. The molecule has 0 N–H and O–H groups in total. The van der Waals surface area contributed by atoms with Gasteiger partial charge in [-0.3, -0.25) is 4.79 Å². The van der Waals surface area contributed by atoms with E-state index < -0.39 is 11.6 Å². The smallest absolute Gasteiger partial charge is 0.164 e. The van der Waals surface area contributed by atoms with Crippen LogP contribution in [0.3, 0.4) is 0 Å². The minimum atomic E-state index is -0.958. The standard InChI is InChI=1S/C15H19F2NO/c16-13-6-5-12(11-14(13)17)15(19)7-10-18-8-3-1-2-4-9-18/h5-6,11H,1-4,7-10H2. The fourth-order valence-corrected chi connectivity index (χ4v) is 2.43. The number of halogens is 2. The summed E-state index contributed by atoms with van der Waals surface area (Å²) in [6.07, 6.45) is 5.24. The number of ketones is 1. The molecule has 1 saturated heterocycles. The molecule has 0 atom stereocenters. The zero-order valence-corrected chi connectivity index (χ0v) is 11.0. The van der Waals surface area contributed by atoms with Crippen molar-refractivity contribution in [2.75, 3.05) is 19.6 Å². The van der Waals surface area contributed by atoms with Crippen LogP contribution >= 0.6 is 0 Å². The van der Waals surface area contributed by atoms with Crippen LogP contribution < -0.4 is 0 Å². The maximum absolute atomic E-state index is 13.1. The lowest BCUT2D eigenvalue weighted by molar-refractivity contribution is 0.0964. The first-order valence-electron chi connectivity index (χ1n) is 6.87. The molecule has 1 fully saturated rings. The number of rotatable bonds is 4. The van der Waals surface area contributed by atoms with E-state index in [4.69, 9.17) is 0 Å². The van der Waals surface area contributed by atoms with Gasteiger partial charge in [-0.05, 0) is 44.1 Å². The third-order valence-electron chi connectivity index (χ3n) is 3.60. The second-order valence-electron chi connectivity index (χ2n) is 5.06. The minimum Gasteiger partial charge on any atom is -0.303 e. The topological polar surface area (TPSA) is 20.3 Å². The Hall–Kier alpha value is -1.29. The average molecular weight is 267 g/mol. The molecule has 1 heterocycles. The molecule has 2 nitrogen and oxygen atoms in total. The Bertz CT molecular complexity index is 440. The molecule has 4 heteroatoms. The molecule has 0 saturated carbocycles. The highest BCUT2D eigenvalue weighted by Gasteiger charge is 2.13. The van der Waals surface area contributed by atoms with Gasteiger partial charge in [0.25, 0.3) is 0 Å². The Labute approximate surface area is 112 Å². The van der Waals surface area contributed by atoms with Gasteiger partial charge in [0.1, 0.15) is 0 Å². The summed E-state index contributed by atoms with van der Waals surface area (Å²) in [4.78, 5) is 14.2. The summed E-state index contributed by atoms with van der Waals surface area (Å²) in [7, 11) is 0. The molecule has 0 aliphatic carbocycles. The van der Waals surface area contributed by atoms with E-state index in [1.807, 2.05) is 0 Å². The summed E-state index contributed by atoms with van der Waals surface area (Å²) in [5, 5.41) is 0. The zero-order chi connectivity index (χ0) is 13.7. The highest BCUT2D eigenvalue weighted by molar-refractivity contribution is 5.96. The average Bonchev–Trinajstić information content (AvgIpc) is 2.67. The second kappa shape index (κ2) is 6.75. The Morgan fingerprint density at radius 1 is 1.05 bits per heavy atom. The third kappa shape index (κ3) is 4.10. The molecule has 0 aromatic heterocycles. The zero-order valence-electron chi connectivity index (χ0n) is 11.0. The summed E-state index contributed by atoms with van der Waals surface area (Å²) in [6.45, 7) is 2.77. The van der Waals surface area contributed by atoms with Crippen LogP contribution in [0.1, 0.15) is 42.5 Å². The fourth-order valence-electron chi connectivity index (χ4n) is 2.43. The van der Waals surface area contributed by atoms with E-state index in [2.05, 4.69) is 4.90 Å². The first-order chi connectivity index (χ1) is 9.16. The number of benzene rings is 1. The molecule has 0 unspecified atom stereocenters. The minimum absolute atomic E-state index is 0.122. The number of likely N-dealkylation sites (tertiary alicyclic amines) is 1. The Balaban J connectivity index is 1.87. The van der Waals surface area contributed by atoms with Crippen molar-refractivity contribution in [3.05, 3.63) is 35.4 Å². The number of carbonyl (C=O) groups excluding carboxylic acids is 1. The van der Waals surface area contributed by atoms with Gasteiger partial charge in [0.2, 0.25) is 0 Å². The van der Waals surface area contributed by atoms with Crippen molar-refractivity contribution < 1.29 is 13.6 Å². The summed E-state index contributed by atoms with van der Waals surface area (Å²) in [5.41, 5.74) is 0.258. The summed E-state index contributed by atoms with van der Waals surface area (Å²) in [5.74, 6) is -1.99. The lowest BCUT2D eigenvalue weighted by Crippen LogP contribution is -2.27. The van der Waals surface area contributed by atoms with Gasteiger partial charge in [-0.15, -0.1) is 0 Å². The van der Waals surface area contributed by atoms with Crippen LogP contribution in [0.5, 0.6) is 0 Å². The van der Waals surface area contributed by atoms with Crippen LogP contribution in [0.25, 0.3) is 0 Å². The van der Waals surface area contributed by atoms with Gasteiger partial charge >= 0.3 is 0 Å². The van der Waals surface area contributed by atoms with E-state index in [0.29, 0.717) is 13.0 Å². The van der Waals surface area contributed by atoms with E-state index in [1.54, 1.807) is 0 Å². The van der Waals surface area contributed by atoms with Crippen molar-refractivity contribution in [3.8, 4) is 0 Å². The predicted octanol–water partition coefficient (Wildman–Crippen LogP) is 3.41. The highest BCUT2D eigenvalue weighted by Crippen LogP contribution is 2.13. The molecule has 1 aromatic rings. The maximum Gasteiger partial charge on any atom is 0.164 e. The van der Waals surface area contributed by atoms with Crippen molar-refractivity contribution in [1.82, 2.24) is 4.90 Å². The van der Waals surface area contributed by atoms with E-state index in [0.717, 1.165) is 25.2 Å². The number of carbonyl (C=O) groups is 1. The fraction of sp³-hybridized carbons (Fsp3) is 0.533. The first kappa shape index (κ1) is 14.1. The van der Waals surface area contributed by atoms with Crippen LogP contribution in [-0.4, -0.2) is 30.3 Å². The van der Waals surface area contributed by atoms with E-state index in [1.165, 1.54) is 31.7 Å². The molecule has 0 spiro atoms. The molecule has 1 aromatic carbocycles. The van der Waals surface area contributed by atoms with E-state index in [9.17, 15) is 13.6 Å². The number of nitrogens with zero attached hydrogens (tertiary/aromatic N) is 1. The van der Waals surface area contributed by atoms with Crippen LogP contribution in [0.15, 0.2) is 18.2 Å². The Morgan fingerprint density at radius 2 is 1.74 bits per heavy atom. The molecule has 19 heavy (non-hydrogen) atoms. The van der Waals surface area contributed by atoms with Gasteiger partial charge in [-0.1, -0.05) is 12.8 Å². The molecule has 2 rings (SSSR count). The van der Waals surface area contributed by atoms with Crippen molar-refractivity contribution in [1.29, 1.82) is 0 Å². The highest BCUT2D eigenvalue weighted by atomic mass is 19.2. The molecular formula is C15H19F2NO. The number of Topliss-reactive ketones (excluding diaryl/α,β-unsaturated/α-hetero) is 1. The van der Waals surface area contributed by atoms with Crippen molar-refractivity contribution in [2.45, 2.75) is 32.1 Å². The van der Waals surface area contributed by atoms with Gasteiger partial charge in [0, 0.05) is 18.5 Å². The van der Waals surface area contributed by atoms with E-state index in [-0.39, 0.29) is 11.3 Å². The van der Waals surface area contributed by atoms with Crippen molar-refractivity contribution >= 4 is 5.78 Å². The quantitative estimate of drug-likeness (QED) is 0.779. The molecule has 0 amide bonds. The van der Waals surface area contributed by atoms with Gasteiger partial charge in [-0.2, -0.15) is 0 Å². The Kier molecular flexibility index (Phi) is 5.02. The van der Waals surface area contributed by atoms with E-state index >= 15 is 0 Å². The summed E-state index contributed by atoms with van der Waals surface area (Å²) >= 11 is 0. The van der Waals surface area contributed by atoms with Gasteiger partial charge in [0.15, 0.2) is 17.4 Å². The molecule has 0 radical (unpaired) electrons. The SMILES string of the molecule is O=C(CCN1CCCCCC1)c1ccc(F)c(F)c1. The largest absolute Gasteiger partial charge is 0.303 e. The number of hydrogen-bond acceptors (Lipinski definition) is 2. The summed E-state index contributed by atoms with van der Waals surface area (Å²) in [6, 6.07) is 3.35. The van der Waals surface area contributed by atoms with Gasteiger partial charge < -0.3 is 4.90 Å².